The quantitative estimate of drug-likeness (QED) is 0.806. The summed E-state index contributed by atoms with van der Waals surface area (Å²) in [5, 5.41) is 3.15. The number of benzene rings is 2. The molecule has 23 heavy (non-hydrogen) atoms. The molecule has 122 valence electrons. The number of likely N-dealkylation sites (N-methyl/N-ethyl adjacent to an activating group) is 1. The molecule has 4 heteroatoms. The molecule has 2 aromatic carbocycles. The Hall–Kier alpha value is -2.33. The van der Waals surface area contributed by atoms with Gasteiger partial charge in [-0.25, -0.2) is 0 Å². The molecule has 0 aromatic heterocycles. The number of nitrogens with one attached hydrogen (secondary N) is 1. The highest BCUT2D eigenvalue weighted by molar-refractivity contribution is 5.96. The summed E-state index contributed by atoms with van der Waals surface area (Å²) in [5.41, 5.74) is 9.20. The molecule has 1 unspecified atom stereocenters. The number of hydrogen-bond donors (Lipinski definition) is 2. The molecule has 0 fully saturated rings. The van der Waals surface area contributed by atoms with Crippen molar-refractivity contribution in [2.24, 2.45) is 0 Å². The summed E-state index contributed by atoms with van der Waals surface area (Å²) < 4.78 is 0. The summed E-state index contributed by atoms with van der Waals surface area (Å²) in [7, 11) is 4.02. The van der Waals surface area contributed by atoms with Crippen LogP contribution in [0, 0.1) is 6.92 Å². The molecule has 0 saturated carbocycles. The third-order valence-corrected chi connectivity index (χ3v) is 3.75. The predicted octanol–water partition coefficient (Wildman–Crippen LogP) is 2.48. The lowest BCUT2D eigenvalue weighted by molar-refractivity contribution is 0.0929. The highest BCUT2D eigenvalue weighted by atomic mass is 16.1. The summed E-state index contributed by atoms with van der Waals surface area (Å²) in [6, 6.07) is 15.7. The molecule has 3 N–H and O–H groups in total. The van der Waals surface area contributed by atoms with Gasteiger partial charge in [-0.2, -0.15) is 0 Å². The Morgan fingerprint density at radius 2 is 1.87 bits per heavy atom. The zero-order chi connectivity index (χ0) is 16.8. The van der Waals surface area contributed by atoms with Crippen molar-refractivity contribution in [2.75, 3.05) is 26.4 Å². The summed E-state index contributed by atoms with van der Waals surface area (Å²) in [6.45, 7) is 2.70. The average Bonchev–Trinajstić information content (AvgIpc) is 2.50. The van der Waals surface area contributed by atoms with E-state index in [9.17, 15) is 4.79 Å². The average molecular weight is 311 g/mol. The first-order valence-corrected chi connectivity index (χ1v) is 7.81. The van der Waals surface area contributed by atoms with Crippen molar-refractivity contribution in [1.29, 1.82) is 0 Å². The zero-order valence-electron chi connectivity index (χ0n) is 14.0. The maximum Gasteiger partial charge on any atom is 0.251 e. The highest BCUT2D eigenvalue weighted by Gasteiger charge is 2.17. The number of anilines is 1. The third kappa shape index (κ3) is 5.11. The third-order valence-electron chi connectivity index (χ3n) is 3.75. The monoisotopic (exact) mass is 311 g/mol. The van der Waals surface area contributed by atoms with Crippen molar-refractivity contribution in [3.63, 3.8) is 0 Å². The Bertz CT molecular complexity index is 653. The van der Waals surface area contributed by atoms with Crippen LogP contribution in [0.3, 0.4) is 0 Å². The van der Waals surface area contributed by atoms with Gasteiger partial charge < -0.3 is 16.0 Å². The molecular weight excluding hydrogens is 286 g/mol. The summed E-state index contributed by atoms with van der Waals surface area (Å²) in [4.78, 5) is 14.7. The van der Waals surface area contributed by atoms with Crippen molar-refractivity contribution in [3.8, 4) is 0 Å². The topological polar surface area (TPSA) is 58.4 Å². The number of nitrogens with zero attached hydrogens (tertiary/aromatic N) is 1. The van der Waals surface area contributed by atoms with Crippen LogP contribution in [0.25, 0.3) is 0 Å². The molecule has 0 saturated heterocycles. The molecule has 0 bridgehead atoms. The maximum atomic E-state index is 12.6. The fraction of sp³-hybridized carbons (Fsp3) is 0.316. The normalized spacial score (nSPS) is 12.2. The molecule has 2 aromatic rings. The van der Waals surface area contributed by atoms with Crippen LogP contribution in [0.15, 0.2) is 48.5 Å². The number of nitrogen functional groups attached to an aromatic ring is 1. The minimum Gasteiger partial charge on any atom is -0.399 e. The van der Waals surface area contributed by atoms with Crippen LogP contribution in [0.2, 0.25) is 0 Å². The molecule has 0 heterocycles. The SMILES string of the molecule is Cc1ccc(N)cc1C(=O)NC(Cc1ccccc1)CN(C)C. The number of carbonyl (C=O) groups excluding carboxylic acids is 1. The first kappa shape index (κ1) is 17.0. The van der Waals surface area contributed by atoms with Crippen LogP contribution < -0.4 is 11.1 Å². The predicted molar refractivity (Wildman–Crippen MR) is 95.5 cm³/mol. The molecule has 0 spiro atoms. The van der Waals surface area contributed by atoms with E-state index < -0.39 is 0 Å². The first-order chi connectivity index (χ1) is 11.0. The number of rotatable bonds is 6. The second kappa shape index (κ2) is 7.79. The number of aryl methyl sites for hydroxylation is 1. The lowest BCUT2D eigenvalue weighted by atomic mass is 10.0. The maximum absolute atomic E-state index is 12.6. The van der Waals surface area contributed by atoms with Crippen LogP contribution in [0.4, 0.5) is 5.69 Å². The van der Waals surface area contributed by atoms with Gasteiger partial charge in [0.1, 0.15) is 0 Å². The summed E-state index contributed by atoms with van der Waals surface area (Å²) in [5.74, 6) is -0.0717. The van der Waals surface area contributed by atoms with Gasteiger partial charge in [-0.3, -0.25) is 4.79 Å². The zero-order valence-corrected chi connectivity index (χ0v) is 14.0. The molecule has 2 rings (SSSR count). The smallest absolute Gasteiger partial charge is 0.251 e. The van der Waals surface area contributed by atoms with Crippen LogP contribution in [0.5, 0.6) is 0 Å². The lowest BCUT2D eigenvalue weighted by Gasteiger charge is -2.23. The second-order valence-electron chi connectivity index (χ2n) is 6.20. The van der Waals surface area contributed by atoms with Gasteiger partial charge >= 0.3 is 0 Å². The Kier molecular flexibility index (Phi) is 5.77. The van der Waals surface area contributed by atoms with E-state index in [4.69, 9.17) is 5.73 Å². The second-order valence-corrected chi connectivity index (χ2v) is 6.20. The van der Waals surface area contributed by atoms with Gasteiger partial charge in [-0.1, -0.05) is 36.4 Å². The fourth-order valence-electron chi connectivity index (χ4n) is 2.65. The van der Waals surface area contributed by atoms with Crippen molar-refractivity contribution in [1.82, 2.24) is 10.2 Å². The minimum atomic E-state index is -0.0717. The highest BCUT2D eigenvalue weighted by Crippen LogP contribution is 2.13. The number of nitrogens with two attached hydrogens (primary N) is 1. The largest absolute Gasteiger partial charge is 0.399 e. The van der Waals surface area contributed by atoms with Crippen LogP contribution >= 0.6 is 0 Å². The summed E-state index contributed by atoms with van der Waals surface area (Å²) in [6.07, 6.45) is 0.798. The summed E-state index contributed by atoms with van der Waals surface area (Å²) >= 11 is 0. The van der Waals surface area contributed by atoms with Crippen molar-refractivity contribution in [3.05, 3.63) is 65.2 Å². The molecule has 1 amide bonds. The van der Waals surface area contributed by atoms with Gasteiger partial charge in [0.25, 0.3) is 5.91 Å². The van der Waals surface area contributed by atoms with Gasteiger partial charge in [0, 0.05) is 23.8 Å². The Morgan fingerprint density at radius 1 is 1.17 bits per heavy atom. The van der Waals surface area contributed by atoms with Gasteiger partial charge in [0.05, 0.1) is 0 Å². The molecule has 0 aliphatic rings. The van der Waals surface area contributed by atoms with Gasteiger partial charge in [-0.15, -0.1) is 0 Å². The fourth-order valence-corrected chi connectivity index (χ4v) is 2.65. The van der Waals surface area contributed by atoms with E-state index in [1.807, 2.05) is 51.4 Å². The van der Waals surface area contributed by atoms with Crippen molar-refractivity contribution in [2.45, 2.75) is 19.4 Å². The van der Waals surface area contributed by atoms with Crippen LogP contribution in [-0.2, 0) is 6.42 Å². The van der Waals surface area contributed by atoms with Crippen LogP contribution in [-0.4, -0.2) is 37.5 Å². The van der Waals surface area contributed by atoms with E-state index in [-0.39, 0.29) is 11.9 Å². The van der Waals surface area contributed by atoms with Crippen LogP contribution in [0.1, 0.15) is 21.5 Å². The molecule has 0 radical (unpaired) electrons. The molecular formula is C19H25N3O. The van der Waals surface area contributed by atoms with Gasteiger partial charge in [0.2, 0.25) is 0 Å². The molecule has 0 aliphatic carbocycles. The van der Waals surface area contributed by atoms with E-state index in [1.165, 1.54) is 5.56 Å². The first-order valence-electron chi connectivity index (χ1n) is 7.81. The van der Waals surface area contributed by atoms with E-state index in [2.05, 4.69) is 22.3 Å². The lowest BCUT2D eigenvalue weighted by Crippen LogP contribution is -2.43. The van der Waals surface area contributed by atoms with Crippen molar-refractivity contribution >= 4 is 11.6 Å². The van der Waals surface area contributed by atoms with Gasteiger partial charge in [-0.05, 0) is 50.7 Å². The number of amides is 1. The number of carbonyl (C=O) groups is 1. The standard InChI is InChI=1S/C19H25N3O/c1-14-9-10-16(20)12-18(14)19(23)21-17(13-22(2)3)11-15-7-5-4-6-8-15/h4-10,12,17H,11,13,20H2,1-3H3,(H,21,23). The van der Waals surface area contributed by atoms with E-state index in [1.54, 1.807) is 6.07 Å². The van der Waals surface area contributed by atoms with Gasteiger partial charge in [0.15, 0.2) is 0 Å². The Morgan fingerprint density at radius 3 is 2.52 bits per heavy atom. The van der Waals surface area contributed by atoms with E-state index >= 15 is 0 Å². The Balaban J connectivity index is 2.13. The number of hydrogen-bond acceptors (Lipinski definition) is 3. The molecule has 1 atom stereocenters. The Labute approximate surface area is 138 Å². The van der Waals surface area contributed by atoms with E-state index in [0.717, 1.165) is 18.5 Å². The molecule has 0 aliphatic heterocycles. The minimum absolute atomic E-state index is 0.0423. The van der Waals surface area contributed by atoms with E-state index in [0.29, 0.717) is 11.3 Å². The molecule has 4 nitrogen and oxygen atoms in total. The van der Waals surface area contributed by atoms with Crippen molar-refractivity contribution < 1.29 is 4.79 Å².